The molecule has 0 unspecified atom stereocenters. The standard InChI is InChI=1S/C27H28F4O/c1-16(2)24(28)25(29)18(4)15-32-21-11-9-20(10-12-21)23-14-13-22(26(30)27(23)31)19-7-5-17(3)6-8-19/h9-14,17,19H,1,4-8,15H2,2-3H3/b25-24-. The second-order valence-electron chi connectivity index (χ2n) is 8.61. The molecule has 2 aromatic rings. The van der Waals surface area contributed by atoms with Crippen molar-refractivity contribution in [1.82, 2.24) is 0 Å². The van der Waals surface area contributed by atoms with E-state index in [1.54, 1.807) is 36.4 Å². The minimum atomic E-state index is -1.10. The highest BCUT2D eigenvalue weighted by atomic mass is 19.2. The first-order valence-electron chi connectivity index (χ1n) is 10.8. The van der Waals surface area contributed by atoms with Crippen molar-refractivity contribution in [2.75, 3.05) is 6.61 Å². The number of rotatable bonds is 7. The lowest BCUT2D eigenvalue weighted by Crippen LogP contribution is -2.13. The number of hydrogen-bond donors (Lipinski definition) is 0. The molecule has 1 fully saturated rings. The Morgan fingerprint density at radius 2 is 1.53 bits per heavy atom. The molecule has 32 heavy (non-hydrogen) atoms. The molecule has 0 heterocycles. The van der Waals surface area contributed by atoms with Crippen molar-refractivity contribution in [3.63, 3.8) is 0 Å². The van der Waals surface area contributed by atoms with Crippen LogP contribution in [0.1, 0.15) is 51.0 Å². The maximum absolute atomic E-state index is 14.9. The summed E-state index contributed by atoms with van der Waals surface area (Å²) in [6, 6.07) is 9.62. The maximum Gasteiger partial charge on any atom is 0.166 e. The van der Waals surface area contributed by atoms with E-state index in [2.05, 4.69) is 20.1 Å². The molecule has 0 N–H and O–H groups in total. The summed E-state index contributed by atoms with van der Waals surface area (Å²) in [6.07, 6.45) is 3.81. The first kappa shape index (κ1) is 23.8. The van der Waals surface area contributed by atoms with Crippen molar-refractivity contribution in [2.45, 2.75) is 45.4 Å². The Bertz CT molecular complexity index is 1030. The van der Waals surface area contributed by atoms with E-state index in [-0.39, 0.29) is 29.2 Å². The van der Waals surface area contributed by atoms with Crippen LogP contribution in [0.3, 0.4) is 0 Å². The van der Waals surface area contributed by atoms with Gasteiger partial charge in [-0.1, -0.05) is 57.2 Å². The summed E-state index contributed by atoms with van der Waals surface area (Å²) < 4.78 is 62.6. The highest BCUT2D eigenvalue weighted by molar-refractivity contribution is 5.65. The quantitative estimate of drug-likeness (QED) is 0.307. The fourth-order valence-electron chi connectivity index (χ4n) is 3.98. The third kappa shape index (κ3) is 5.32. The third-order valence-corrected chi connectivity index (χ3v) is 6.02. The van der Waals surface area contributed by atoms with Gasteiger partial charge in [0.2, 0.25) is 0 Å². The van der Waals surface area contributed by atoms with Crippen molar-refractivity contribution in [3.8, 4) is 16.9 Å². The van der Waals surface area contributed by atoms with E-state index in [0.29, 0.717) is 22.8 Å². The second-order valence-corrected chi connectivity index (χ2v) is 8.61. The molecule has 0 aromatic heterocycles. The zero-order valence-electron chi connectivity index (χ0n) is 18.5. The van der Waals surface area contributed by atoms with E-state index in [1.807, 2.05) is 0 Å². The lowest BCUT2D eigenvalue weighted by Gasteiger charge is -2.27. The maximum atomic E-state index is 14.9. The SMILES string of the molecule is C=C(C)/C(F)=C(/F)C(=C)COc1ccc(-c2ccc(C3CCC(C)CC3)c(F)c2F)cc1. The van der Waals surface area contributed by atoms with Gasteiger partial charge in [-0.2, -0.15) is 0 Å². The average molecular weight is 445 g/mol. The molecule has 0 radical (unpaired) electrons. The molecule has 1 saturated carbocycles. The topological polar surface area (TPSA) is 9.23 Å². The largest absolute Gasteiger partial charge is 0.489 e. The van der Waals surface area contributed by atoms with Gasteiger partial charge in [0.25, 0.3) is 0 Å². The van der Waals surface area contributed by atoms with E-state index in [0.717, 1.165) is 25.7 Å². The van der Waals surface area contributed by atoms with Crippen LogP contribution in [0.25, 0.3) is 11.1 Å². The third-order valence-electron chi connectivity index (χ3n) is 6.02. The summed E-state index contributed by atoms with van der Waals surface area (Å²) in [5, 5.41) is 0. The van der Waals surface area contributed by atoms with Gasteiger partial charge in [-0.15, -0.1) is 0 Å². The van der Waals surface area contributed by atoms with Gasteiger partial charge >= 0.3 is 0 Å². The fourth-order valence-corrected chi connectivity index (χ4v) is 3.98. The Labute approximate surface area is 187 Å². The predicted molar refractivity (Wildman–Crippen MR) is 121 cm³/mol. The Morgan fingerprint density at radius 1 is 0.906 bits per heavy atom. The van der Waals surface area contributed by atoms with Crippen LogP contribution >= 0.6 is 0 Å². The van der Waals surface area contributed by atoms with Gasteiger partial charge in [0.1, 0.15) is 12.4 Å². The van der Waals surface area contributed by atoms with Crippen LogP contribution < -0.4 is 4.74 Å². The Balaban J connectivity index is 1.71. The van der Waals surface area contributed by atoms with Crippen molar-refractivity contribution < 1.29 is 22.3 Å². The Kier molecular flexibility index (Phi) is 7.60. The van der Waals surface area contributed by atoms with Crippen LogP contribution in [0.4, 0.5) is 17.6 Å². The summed E-state index contributed by atoms with van der Waals surface area (Å²) >= 11 is 0. The molecule has 2 aromatic carbocycles. The average Bonchev–Trinajstić information content (AvgIpc) is 2.79. The number of ether oxygens (including phenoxy) is 1. The molecular weight excluding hydrogens is 416 g/mol. The van der Waals surface area contributed by atoms with Crippen LogP contribution in [-0.4, -0.2) is 6.61 Å². The van der Waals surface area contributed by atoms with E-state index < -0.39 is 23.3 Å². The molecule has 0 atom stereocenters. The van der Waals surface area contributed by atoms with Gasteiger partial charge < -0.3 is 4.74 Å². The molecule has 0 saturated heterocycles. The van der Waals surface area contributed by atoms with E-state index in [4.69, 9.17) is 4.74 Å². The molecule has 0 aliphatic heterocycles. The minimum Gasteiger partial charge on any atom is -0.489 e. The smallest absolute Gasteiger partial charge is 0.166 e. The van der Waals surface area contributed by atoms with Crippen LogP contribution in [0.2, 0.25) is 0 Å². The summed E-state index contributed by atoms with van der Waals surface area (Å²) in [5.41, 5.74) is 0.926. The zero-order valence-corrected chi connectivity index (χ0v) is 18.5. The van der Waals surface area contributed by atoms with E-state index >= 15 is 0 Å². The molecule has 1 aliphatic carbocycles. The van der Waals surface area contributed by atoms with Crippen LogP contribution in [0.15, 0.2) is 72.4 Å². The number of allylic oxidation sites excluding steroid dienone is 2. The molecule has 170 valence electrons. The van der Waals surface area contributed by atoms with Crippen molar-refractivity contribution >= 4 is 0 Å². The Hall–Kier alpha value is -2.82. The normalized spacial score (nSPS) is 19.3. The van der Waals surface area contributed by atoms with Crippen LogP contribution in [-0.2, 0) is 0 Å². The minimum absolute atomic E-state index is 0.0358. The zero-order chi connectivity index (χ0) is 23.4. The molecule has 5 heteroatoms. The van der Waals surface area contributed by atoms with Gasteiger partial charge in [0, 0.05) is 11.1 Å². The predicted octanol–water partition coefficient (Wildman–Crippen LogP) is 8.59. The number of halogens is 4. The molecule has 0 amide bonds. The van der Waals surface area contributed by atoms with Crippen molar-refractivity contribution in [2.24, 2.45) is 5.92 Å². The van der Waals surface area contributed by atoms with Crippen LogP contribution in [0, 0.1) is 17.6 Å². The summed E-state index contributed by atoms with van der Waals surface area (Å²) in [5.74, 6) is -2.73. The monoisotopic (exact) mass is 444 g/mol. The van der Waals surface area contributed by atoms with Crippen molar-refractivity contribution in [1.29, 1.82) is 0 Å². The first-order valence-corrected chi connectivity index (χ1v) is 10.8. The van der Waals surface area contributed by atoms with Gasteiger partial charge in [-0.05, 0) is 60.4 Å². The molecule has 0 spiro atoms. The molecular formula is C27H28F4O. The van der Waals surface area contributed by atoms with Gasteiger partial charge in [0.15, 0.2) is 23.3 Å². The summed E-state index contributed by atoms with van der Waals surface area (Å²) in [6.45, 7) is 10.1. The fraction of sp³-hybridized carbons (Fsp3) is 0.333. The summed E-state index contributed by atoms with van der Waals surface area (Å²) in [4.78, 5) is 0. The lowest BCUT2D eigenvalue weighted by atomic mass is 9.79. The van der Waals surface area contributed by atoms with Gasteiger partial charge in [0.05, 0.1) is 0 Å². The highest BCUT2D eigenvalue weighted by Gasteiger charge is 2.25. The summed E-state index contributed by atoms with van der Waals surface area (Å²) in [7, 11) is 0. The Morgan fingerprint density at radius 3 is 2.12 bits per heavy atom. The second kappa shape index (κ2) is 10.2. The van der Waals surface area contributed by atoms with Crippen LogP contribution in [0.5, 0.6) is 5.75 Å². The molecule has 1 nitrogen and oxygen atoms in total. The van der Waals surface area contributed by atoms with E-state index in [9.17, 15) is 17.6 Å². The number of hydrogen-bond acceptors (Lipinski definition) is 1. The molecule has 1 aliphatic rings. The van der Waals surface area contributed by atoms with E-state index in [1.165, 1.54) is 6.92 Å². The van der Waals surface area contributed by atoms with Crippen molar-refractivity contribution in [3.05, 3.63) is 89.6 Å². The molecule has 0 bridgehead atoms. The van der Waals surface area contributed by atoms with Gasteiger partial charge in [-0.3, -0.25) is 0 Å². The number of benzene rings is 2. The first-order chi connectivity index (χ1) is 15.2. The lowest BCUT2D eigenvalue weighted by molar-refractivity contribution is 0.339. The van der Waals surface area contributed by atoms with Gasteiger partial charge in [-0.25, -0.2) is 17.6 Å². The highest BCUT2D eigenvalue weighted by Crippen LogP contribution is 2.38. The molecule has 3 rings (SSSR count).